The molecule has 0 saturated carbocycles. The minimum Gasteiger partial charge on any atom is -0.451 e. The van der Waals surface area contributed by atoms with Crippen LogP contribution in [-0.4, -0.2) is 11.8 Å². The van der Waals surface area contributed by atoms with Crippen molar-refractivity contribution < 1.29 is 18.4 Å². The maximum Gasteiger partial charge on any atom is 0.344 e. The molecule has 0 saturated heterocycles. The van der Waals surface area contributed by atoms with Gasteiger partial charge in [-0.2, -0.15) is 0 Å². The third-order valence-electron chi connectivity index (χ3n) is 6.46. The highest BCUT2D eigenvalue weighted by Gasteiger charge is 2.15. The van der Waals surface area contributed by atoms with E-state index < -0.39 is 5.63 Å². The van der Waals surface area contributed by atoms with Crippen molar-refractivity contribution in [3.63, 3.8) is 0 Å². The predicted molar refractivity (Wildman–Crippen MR) is 151 cm³/mol. The number of rotatable bonds is 5. The number of fused-ring (bicyclic) bond motifs is 2. The summed E-state index contributed by atoms with van der Waals surface area (Å²) in [5.74, 6) is -0.477. The Balaban J connectivity index is 1.19. The van der Waals surface area contributed by atoms with Crippen LogP contribution in [0, 0.1) is 6.92 Å². The van der Waals surface area contributed by atoms with Gasteiger partial charge in [0, 0.05) is 27.7 Å². The number of nitrogens with one attached hydrogen (secondary N) is 2. The third-order valence-corrected chi connectivity index (χ3v) is 6.46. The lowest BCUT2D eigenvalue weighted by Gasteiger charge is -2.11. The summed E-state index contributed by atoms with van der Waals surface area (Å²) >= 11 is 0. The maximum absolute atomic E-state index is 13.0. The minimum atomic E-state index is -0.470. The van der Waals surface area contributed by atoms with Gasteiger partial charge in [-0.25, -0.2) is 4.79 Å². The zero-order valence-electron chi connectivity index (χ0n) is 20.9. The summed E-state index contributed by atoms with van der Waals surface area (Å²) in [7, 11) is 0. The molecule has 7 heteroatoms. The SMILES string of the molecule is Cc1cc(NC(=O)c2cccc(-c3cc4ccccc4oc3=O)c2)ccc1NC(=O)c1cc2ccccc2o1. The molecule has 0 unspecified atom stereocenters. The van der Waals surface area contributed by atoms with Gasteiger partial charge in [-0.3, -0.25) is 9.59 Å². The lowest BCUT2D eigenvalue weighted by molar-refractivity contribution is 0.0996. The van der Waals surface area contributed by atoms with Crippen LogP contribution in [0.5, 0.6) is 0 Å². The van der Waals surface area contributed by atoms with E-state index in [1.54, 1.807) is 72.8 Å². The zero-order chi connectivity index (χ0) is 26.9. The minimum absolute atomic E-state index is 0.216. The number of para-hydroxylation sites is 2. The maximum atomic E-state index is 13.0. The molecule has 6 rings (SSSR count). The van der Waals surface area contributed by atoms with E-state index >= 15 is 0 Å². The summed E-state index contributed by atoms with van der Waals surface area (Å²) in [6.07, 6.45) is 0. The third kappa shape index (κ3) is 4.81. The molecule has 0 atom stereocenters. The number of hydrogen-bond donors (Lipinski definition) is 2. The van der Waals surface area contributed by atoms with Crippen LogP contribution < -0.4 is 16.3 Å². The number of aryl methyl sites for hydroxylation is 1. The molecule has 0 bridgehead atoms. The van der Waals surface area contributed by atoms with Gasteiger partial charge in [0.05, 0.1) is 5.56 Å². The summed E-state index contributed by atoms with van der Waals surface area (Å²) in [5.41, 5.74) is 3.96. The summed E-state index contributed by atoms with van der Waals surface area (Å²) in [4.78, 5) is 38.4. The predicted octanol–water partition coefficient (Wildman–Crippen LogP) is 7.02. The molecule has 0 aliphatic heterocycles. The molecule has 6 aromatic rings. The van der Waals surface area contributed by atoms with E-state index in [4.69, 9.17) is 8.83 Å². The standard InChI is InChI=1S/C32H22N2O5/c1-19-15-24(13-14-26(19)34-31(36)29-18-22-8-3-4-11-27(22)38-29)33-30(35)23-10-6-9-20(16-23)25-17-21-7-2-5-12-28(21)39-32(25)37/h2-18H,1H3,(H,33,35)(H,34,36). The molecule has 39 heavy (non-hydrogen) atoms. The molecule has 0 aliphatic carbocycles. The van der Waals surface area contributed by atoms with Crippen LogP contribution in [0.1, 0.15) is 26.5 Å². The molecule has 190 valence electrons. The van der Waals surface area contributed by atoms with Crippen LogP contribution in [0.4, 0.5) is 11.4 Å². The van der Waals surface area contributed by atoms with E-state index in [-0.39, 0.29) is 17.6 Å². The Bertz CT molecular complexity index is 1920. The highest BCUT2D eigenvalue weighted by atomic mass is 16.4. The van der Waals surface area contributed by atoms with Crippen molar-refractivity contribution in [1.29, 1.82) is 0 Å². The Morgan fingerprint density at radius 3 is 2.13 bits per heavy atom. The Labute approximate surface area is 222 Å². The van der Waals surface area contributed by atoms with E-state index in [1.165, 1.54) is 0 Å². The Morgan fingerprint density at radius 2 is 1.38 bits per heavy atom. The molecular formula is C32H22N2O5. The molecule has 4 aromatic carbocycles. The Morgan fingerprint density at radius 1 is 0.667 bits per heavy atom. The van der Waals surface area contributed by atoms with Crippen molar-refractivity contribution in [3.05, 3.63) is 130 Å². The molecule has 7 nitrogen and oxygen atoms in total. The fourth-order valence-electron chi connectivity index (χ4n) is 4.45. The largest absolute Gasteiger partial charge is 0.451 e. The highest BCUT2D eigenvalue weighted by molar-refractivity contribution is 6.06. The first-order chi connectivity index (χ1) is 18.9. The fraction of sp³-hybridized carbons (Fsp3) is 0.0312. The molecule has 2 N–H and O–H groups in total. The lowest BCUT2D eigenvalue weighted by atomic mass is 10.0. The van der Waals surface area contributed by atoms with Gasteiger partial charge in [0.15, 0.2) is 5.76 Å². The van der Waals surface area contributed by atoms with Gasteiger partial charge in [-0.15, -0.1) is 0 Å². The second-order valence-corrected chi connectivity index (χ2v) is 9.15. The first-order valence-corrected chi connectivity index (χ1v) is 12.3. The molecule has 0 fully saturated rings. The van der Waals surface area contributed by atoms with E-state index in [2.05, 4.69) is 10.6 Å². The van der Waals surface area contributed by atoms with Crippen molar-refractivity contribution in [2.24, 2.45) is 0 Å². The van der Waals surface area contributed by atoms with Gasteiger partial charge >= 0.3 is 5.63 Å². The van der Waals surface area contributed by atoms with Gasteiger partial charge in [0.25, 0.3) is 11.8 Å². The fourth-order valence-corrected chi connectivity index (χ4v) is 4.45. The van der Waals surface area contributed by atoms with Crippen molar-refractivity contribution in [3.8, 4) is 11.1 Å². The van der Waals surface area contributed by atoms with Gasteiger partial charge in [-0.05, 0) is 72.6 Å². The van der Waals surface area contributed by atoms with Crippen molar-refractivity contribution in [2.45, 2.75) is 6.92 Å². The number of amides is 2. The average molecular weight is 515 g/mol. The van der Waals surface area contributed by atoms with Crippen LogP contribution in [0.2, 0.25) is 0 Å². The van der Waals surface area contributed by atoms with Gasteiger partial charge in [-0.1, -0.05) is 48.5 Å². The number of anilines is 2. The van der Waals surface area contributed by atoms with Crippen molar-refractivity contribution in [1.82, 2.24) is 0 Å². The first-order valence-electron chi connectivity index (χ1n) is 12.3. The van der Waals surface area contributed by atoms with E-state index in [9.17, 15) is 14.4 Å². The van der Waals surface area contributed by atoms with Gasteiger partial charge < -0.3 is 19.5 Å². The van der Waals surface area contributed by atoms with Gasteiger partial charge in [0.2, 0.25) is 0 Å². The second kappa shape index (κ2) is 9.79. The molecular weight excluding hydrogens is 492 g/mol. The van der Waals surface area contributed by atoms with Crippen LogP contribution in [0.15, 0.2) is 117 Å². The van der Waals surface area contributed by atoms with E-state index in [0.717, 1.165) is 16.3 Å². The quantitative estimate of drug-likeness (QED) is 0.241. The van der Waals surface area contributed by atoms with Crippen molar-refractivity contribution >= 4 is 45.1 Å². The van der Waals surface area contributed by atoms with Gasteiger partial charge in [0.1, 0.15) is 11.2 Å². The van der Waals surface area contributed by atoms with Crippen LogP contribution in [-0.2, 0) is 0 Å². The van der Waals surface area contributed by atoms with E-state index in [1.807, 2.05) is 37.3 Å². The summed E-state index contributed by atoms with van der Waals surface area (Å²) in [6.45, 7) is 1.84. The molecule has 0 spiro atoms. The average Bonchev–Trinajstić information content (AvgIpc) is 3.39. The van der Waals surface area contributed by atoms with Crippen LogP contribution in [0.25, 0.3) is 33.1 Å². The van der Waals surface area contributed by atoms with Crippen molar-refractivity contribution in [2.75, 3.05) is 10.6 Å². The summed E-state index contributed by atoms with van der Waals surface area (Å²) < 4.78 is 11.1. The molecule has 0 aliphatic rings. The summed E-state index contributed by atoms with van der Waals surface area (Å²) in [6, 6.07) is 30.2. The van der Waals surface area contributed by atoms with Crippen LogP contribution >= 0.6 is 0 Å². The number of carbonyl (C=O) groups is 2. The molecule has 0 radical (unpaired) electrons. The molecule has 2 amide bonds. The lowest BCUT2D eigenvalue weighted by Crippen LogP contribution is -2.14. The number of carbonyl (C=O) groups excluding carboxylic acids is 2. The van der Waals surface area contributed by atoms with Crippen LogP contribution in [0.3, 0.4) is 0 Å². The topological polar surface area (TPSA) is 102 Å². The number of furan rings is 1. The monoisotopic (exact) mass is 514 g/mol. The zero-order valence-corrected chi connectivity index (χ0v) is 20.9. The second-order valence-electron chi connectivity index (χ2n) is 9.15. The van der Waals surface area contributed by atoms with E-state index in [0.29, 0.717) is 39.2 Å². The highest BCUT2D eigenvalue weighted by Crippen LogP contribution is 2.25. The molecule has 2 aromatic heterocycles. The number of hydrogen-bond acceptors (Lipinski definition) is 5. The molecule has 2 heterocycles. The number of benzene rings is 4. The smallest absolute Gasteiger partial charge is 0.344 e. The Kier molecular flexibility index (Phi) is 6.01. The Hall–Kier alpha value is -5.43. The first kappa shape index (κ1) is 23.9. The summed E-state index contributed by atoms with van der Waals surface area (Å²) in [5, 5.41) is 7.39. The normalized spacial score (nSPS) is 11.0.